The van der Waals surface area contributed by atoms with Gasteiger partial charge in [0.25, 0.3) is 0 Å². The minimum Gasteiger partial charge on any atom is -0.393 e. The molecule has 14 heavy (non-hydrogen) atoms. The van der Waals surface area contributed by atoms with Crippen LogP contribution in [0, 0.1) is 17.8 Å². The maximum absolute atomic E-state index is 9.68. The van der Waals surface area contributed by atoms with Crippen LogP contribution >= 0.6 is 0 Å². The van der Waals surface area contributed by atoms with Gasteiger partial charge in [0.15, 0.2) is 0 Å². The quantitative estimate of drug-likeness (QED) is 0.682. The van der Waals surface area contributed by atoms with Gasteiger partial charge in [0, 0.05) is 0 Å². The van der Waals surface area contributed by atoms with E-state index in [1.165, 1.54) is 38.5 Å². The number of aliphatic hydroxyl groups is 1. The maximum atomic E-state index is 9.68. The van der Waals surface area contributed by atoms with Gasteiger partial charge in [-0.1, -0.05) is 32.6 Å². The van der Waals surface area contributed by atoms with Crippen molar-refractivity contribution in [3.63, 3.8) is 0 Å². The Bertz CT molecular complexity index is 158. The number of hydrogen-bond donors (Lipinski definition) is 1. The molecule has 0 saturated heterocycles. The molecular formula is C13H24O. The lowest BCUT2D eigenvalue weighted by molar-refractivity contribution is 0.0636. The van der Waals surface area contributed by atoms with Crippen LogP contribution < -0.4 is 0 Å². The summed E-state index contributed by atoms with van der Waals surface area (Å²) in [5.41, 5.74) is 0. The average molecular weight is 196 g/mol. The molecule has 0 radical (unpaired) electrons. The Hall–Kier alpha value is -0.0400. The Balaban J connectivity index is 1.86. The fourth-order valence-corrected chi connectivity index (χ4v) is 3.54. The normalized spacial score (nSPS) is 45.0. The third kappa shape index (κ3) is 2.50. The molecule has 2 aliphatic rings. The molecule has 0 heterocycles. The van der Waals surface area contributed by atoms with Crippen molar-refractivity contribution in [3.8, 4) is 0 Å². The average Bonchev–Trinajstić information content (AvgIpc) is 2.18. The number of hydrogen-bond acceptors (Lipinski definition) is 1. The van der Waals surface area contributed by atoms with Gasteiger partial charge in [-0.25, -0.2) is 0 Å². The van der Waals surface area contributed by atoms with Crippen molar-refractivity contribution in [2.24, 2.45) is 17.8 Å². The predicted molar refractivity (Wildman–Crippen MR) is 59.1 cm³/mol. The molecule has 2 aliphatic carbocycles. The van der Waals surface area contributed by atoms with Crippen LogP contribution in [0.4, 0.5) is 0 Å². The van der Waals surface area contributed by atoms with Crippen LogP contribution in [-0.2, 0) is 0 Å². The first-order chi connectivity index (χ1) is 6.75. The van der Waals surface area contributed by atoms with Crippen LogP contribution in [0.1, 0.15) is 58.3 Å². The van der Waals surface area contributed by atoms with Gasteiger partial charge in [0.2, 0.25) is 0 Å². The highest BCUT2D eigenvalue weighted by Crippen LogP contribution is 2.39. The van der Waals surface area contributed by atoms with Gasteiger partial charge in [0.1, 0.15) is 0 Å². The molecule has 0 aliphatic heterocycles. The Morgan fingerprint density at radius 3 is 2.14 bits per heavy atom. The van der Waals surface area contributed by atoms with Gasteiger partial charge < -0.3 is 5.11 Å². The lowest BCUT2D eigenvalue weighted by Gasteiger charge is -2.36. The molecule has 1 nitrogen and oxygen atoms in total. The zero-order valence-electron chi connectivity index (χ0n) is 9.41. The summed E-state index contributed by atoms with van der Waals surface area (Å²) in [5, 5.41) is 9.68. The van der Waals surface area contributed by atoms with Crippen LogP contribution in [0.15, 0.2) is 0 Å². The standard InChI is InChI=1S/C13H24O/c1-10-4-2-5-11(8-10)12-6-3-7-13(14)9-12/h10-14H,2-9H2,1H3. The first-order valence-corrected chi connectivity index (χ1v) is 6.43. The lowest BCUT2D eigenvalue weighted by atomic mass is 9.70. The Kier molecular flexibility index (Phi) is 3.48. The minimum absolute atomic E-state index is 0.0194. The molecule has 4 unspecified atom stereocenters. The molecule has 4 atom stereocenters. The highest BCUT2D eigenvalue weighted by atomic mass is 16.3. The van der Waals surface area contributed by atoms with Gasteiger partial charge in [-0.3, -0.25) is 0 Å². The SMILES string of the molecule is CC1CCCC(C2CCCC(O)C2)C1. The third-order valence-electron chi connectivity index (χ3n) is 4.33. The topological polar surface area (TPSA) is 20.2 Å². The first-order valence-electron chi connectivity index (χ1n) is 6.43. The molecule has 2 saturated carbocycles. The van der Waals surface area contributed by atoms with Crippen molar-refractivity contribution in [2.75, 3.05) is 0 Å². The van der Waals surface area contributed by atoms with Crippen molar-refractivity contribution in [2.45, 2.75) is 64.4 Å². The van der Waals surface area contributed by atoms with E-state index in [1.807, 2.05) is 0 Å². The van der Waals surface area contributed by atoms with E-state index in [1.54, 1.807) is 0 Å². The molecule has 0 aromatic carbocycles. The monoisotopic (exact) mass is 196 g/mol. The summed E-state index contributed by atoms with van der Waals surface area (Å²) in [4.78, 5) is 0. The van der Waals surface area contributed by atoms with Crippen molar-refractivity contribution >= 4 is 0 Å². The third-order valence-corrected chi connectivity index (χ3v) is 4.33. The number of rotatable bonds is 1. The Morgan fingerprint density at radius 2 is 1.50 bits per heavy atom. The summed E-state index contributed by atoms with van der Waals surface area (Å²) in [6, 6.07) is 0. The molecule has 0 spiro atoms. The van der Waals surface area contributed by atoms with Crippen LogP contribution in [0.2, 0.25) is 0 Å². The molecule has 2 rings (SSSR count). The summed E-state index contributed by atoms with van der Waals surface area (Å²) >= 11 is 0. The van der Waals surface area contributed by atoms with E-state index < -0.39 is 0 Å². The lowest BCUT2D eigenvalue weighted by Crippen LogP contribution is -2.28. The molecule has 0 aromatic heterocycles. The van der Waals surface area contributed by atoms with Crippen LogP contribution in [0.5, 0.6) is 0 Å². The molecule has 0 bridgehead atoms. The Morgan fingerprint density at radius 1 is 0.857 bits per heavy atom. The number of aliphatic hydroxyl groups excluding tert-OH is 1. The molecule has 0 amide bonds. The van der Waals surface area contributed by atoms with E-state index in [0.29, 0.717) is 0 Å². The van der Waals surface area contributed by atoms with E-state index in [0.717, 1.165) is 30.6 Å². The van der Waals surface area contributed by atoms with E-state index in [-0.39, 0.29) is 6.10 Å². The van der Waals surface area contributed by atoms with Crippen molar-refractivity contribution in [1.82, 2.24) is 0 Å². The summed E-state index contributed by atoms with van der Waals surface area (Å²) < 4.78 is 0. The van der Waals surface area contributed by atoms with Gasteiger partial charge in [-0.05, 0) is 43.4 Å². The van der Waals surface area contributed by atoms with E-state index in [9.17, 15) is 5.11 Å². The van der Waals surface area contributed by atoms with E-state index in [2.05, 4.69) is 6.92 Å². The Labute approximate surface area is 87.9 Å². The summed E-state index contributed by atoms with van der Waals surface area (Å²) in [6.45, 7) is 2.39. The van der Waals surface area contributed by atoms with Crippen LogP contribution in [0.3, 0.4) is 0 Å². The highest BCUT2D eigenvalue weighted by molar-refractivity contribution is 4.81. The zero-order chi connectivity index (χ0) is 9.97. The fourth-order valence-electron chi connectivity index (χ4n) is 3.54. The van der Waals surface area contributed by atoms with Gasteiger partial charge in [0.05, 0.1) is 6.10 Å². The largest absolute Gasteiger partial charge is 0.393 e. The molecule has 2 fully saturated rings. The molecule has 0 aromatic rings. The second kappa shape index (κ2) is 4.65. The van der Waals surface area contributed by atoms with Gasteiger partial charge >= 0.3 is 0 Å². The second-order valence-electron chi connectivity index (χ2n) is 5.61. The maximum Gasteiger partial charge on any atom is 0.0543 e. The van der Waals surface area contributed by atoms with Crippen LogP contribution in [-0.4, -0.2) is 11.2 Å². The van der Waals surface area contributed by atoms with Crippen molar-refractivity contribution in [3.05, 3.63) is 0 Å². The van der Waals surface area contributed by atoms with Gasteiger partial charge in [-0.2, -0.15) is 0 Å². The highest BCUT2D eigenvalue weighted by Gasteiger charge is 2.30. The predicted octanol–water partition coefficient (Wildman–Crippen LogP) is 3.36. The van der Waals surface area contributed by atoms with Crippen LogP contribution in [0.25, 0.3) is 0 Å². The van der Waals surface area contributed by atoms with Gasteiger partial charge in [-0.15, -0.1) is 0 Å². The minimum atomic E-state index is 0.0194. The zero-order valence-corrected chi connectivity index (χ0v) is 9.41. The molecule has 1 N–H and O–H groups in total. The second-order valence-corrected chi connectivity index (χ2v) is 5.61. The summed E-state index contributed by atoms with van der Waals surface area (Å²) in [7, 11) is 0. The van der Waals surface area contributed by atoms with E-state index >= 15 is 0 Å². The summed E-state index contributed by atoms with van der Waals surface area (Å²) in [5.74, 6) is 2.73. The van der Waals surface area contributed by atoms with E-state index in [4.69, 9.17) is 0 Å². The first kappa shape index (κ1) is 10.5. The molecule has 1 heteroatoms. The molecular weight excluding hydrogens is 172 g/mol. The van der Waals surface area contributed by atoms with Crippen molar-refractivity contribution in [1.29, 1.82) is 0 Å². The smallest absolute Gasteiger partial charge is 0.0543 e. The fraction of sp³-hybridized carbons (Fsp3) is 1.00. The molecule has 82 valence electrons. The summed E-state index contributed by atoms with van der Waals surface area (Å²) in [6.07, 6.45) is 10.5. The van der Waals surface area contributed by atoms with Crippen molar-refractivity contribution < 1.29 is 5.11 Å².